The van der Waals surface area contributed by atoms with Crippen molar-refractivity contribution in [2.45, 2.75) is 40.0 Å². The zero-order valence-electron chi connectivity index (χ0n) is 23.4. The first-order chi connectivity index (χ1) is 19.1. The van der Waals surface area contributed by atoms with Crippen LogP contribution in [0.5, 0.6) is 17.2 Å². The molecule has 8 nitrogen and oxygen atoms in total. The summed E-state index contributed by atoms with van der Waals surface area (Å²) >= 11 is 0. The number of anilines is 1. The largest absolute Gasteiger partial charge is 0.490 e. The molecule has 3 aromatic carbocycles. The van der Waals surface area contributed by atoms with Gasteiger partial charge in [0.2, 0.25) is 0 Å². The van der Waals surface area contributed by atoms with Crippen molar-refractivity contribution in [2.75, 3.05) is 24.7 Å². The maximum Gasteiger partial charge on any atom is 0.335 e. The maximum absolute atomic E-state index is 13.2. The number of nitrogens with zero attached hydrogens (tertiary/aromatic N) is 1. The Bertz CT molecular complexity index is 1420. The molecule has 208 valence electrons. The summed E-state index contributed by atoms with van der Waals surface area (Å²) in [6.45, 7) is 11.3. The van der Waals surface area contributed by atoms with Crippen molar-refractivity contribution in [1.29, 1.82) is 0 Å². The number of nitrogens with one attached hydrogen (secondary N) is 1. The molecule has 1 N–H and O–H groups in total. The van der Waals surface area contributed by atoms with Crippen molar-refractivity contribution in [3.05, 3.63) is 89.0 Å². The van der Waals surface area contributed by atoms with Gasteiger partial charge in [0.25, 0.3) is 11.8 Å². The van der Waals surface area contributed by atoms with E-state index < -0.39 is 17.8 Å². The SMILES string of the molecule is CCOc1cc(C=C2C(=O)NC(=O)N(c3ccc(C)cc3)C2=O)ccc1OCCOc1ccc(C(C)(C)C)cc1. The van der Waals surface area contributed by atoms with E-state index in [1.54, 1.807) is 42.5 Å². The molecule has 0 radical (unpaired) electrons. The van der Waals surface area contributed by atoms with Gasteiger partial charge in [0.05, 0.1) is 12.3 Å². The first-order valence-corrected chi connectivity index (χ1v) is 13.2. The number of benzene rings is 3. The standard InChI is InChI=1S/C32H34N2O6/c1-6-38-28-20-22(9-16-27(28)40-18-17-39-25-14-10-23(11-15-25)32(3,4)5)19-26-29(35)33-31(37)34(30(26)36)24-12-7-21(2)8-13-24/h7-16,19-20H,6,17-18H2,1-5H3,(H,33,35,37). The van der Waals surface area contributed by atoms with Gasteiger partial charge in [-0.3, -0.25) is 14.9 Å². The van der Waals surface area contributed by atoms with Gasteiger partial charge in [0.1, 0.15) is 24.5 Å². The Balaban J connectivity index is 1.45. The number of ether oxygens (including phenoxy) is 3. The van der Waals surface area contributed by atoms with Crippen LogP contribution in [-0.2, 0) is 15.0 Å². The van der Waals surface area contributed by atoms with Gasteiger partial charge in [-0.1, -0.05) is 56.7 Å². The van der Waals surface area contributed by atoms with Crippen molar-refractivity contribution in [1.82, 2.24) is 5.32 Å². The molecule has 4 amide bonds. The predicted molar refractivity (Wildman–Crippen MR) is 154 cm³/mol. The number of carbonyl (C=O) groups excluding carboxylic acids is 3. The zero-order chi connectivity index (χ0) is 28.9. The Labute approximate surface area is 234 Å². The number of aryl methyl sites for hydroxylation is 1. The summed E-state index contributed by atoms with van der Waals surface area (Å²) in [7, 11) is 0. The summed E-state index contributed by atoms with van der Waals surface area (Å²) in [5, 5.41) is 2.24. The highest BCUT2D eigenvalue weighted by atomic mass is 16.5. The molecule has 1 heterocycles. The van der Waals surface area contributed by atoms with Gasteiger partial charge in [-0.25, -0.2) is 9.69 Å². The Morgan fingerprint density at radius 1 is 0.825 bits per heavy atom. The molecule has 1 saturated heterocycles. The van der Waals surface area contributed by atoms with Crippen LogP contribution < -0.4 is 24.4 Å². The van der Waals surface area contributed by atoms with Crippen molar-refractivity contribution in [3.8, 4) is 17.2 Å². The molecule has 0 saturated carbocycles. The quantitative estimate of drug-likeness (QED) is 0.208. The van der Waals surface area contributed by atoms with Gasteiger partial charge in [-0.05, 0) is 72.9 Å². The van der Waals surface area contributed by atoms with Gasteiger partial charge in [-0.2, -0.15) is 0 Å². The van der Waals surface area contributed by atoms with Crippen molar-refractivity contribution in [2.24, 2.45) is 0 Å². The minimum Gasteiger partial charge on any atom is -0.490 e. The summed E-state index contributed by atoms with van der Waals surface area (Å²) in [6.07, 6.45) is 1.43. The van der Waals surface area contributed by atoms with Crippen LogP contribution in [0.2, 0.25) is 0 Å². The van der Waals surface area contributed by atoms with E-state index in [0.29, 0.717) is 36.0 Å². The fraction of sp³-hybridized carbons (Fsp3) is 0.281. The number of imide groups is 2. The van der Waals surface area contributed by atoms with Crippen LogP contribution in [0.3, 0.4) is 0 Å². The van der Waals surface area contributed by atoms with Gasteiger partial charge in [0.15, 0.2) is 11.5 Å². The molecule has 1 aliphatic rings. The third-order valence-electron chi connectivity index (χ3n) is 6.30. The molecule has 1 aliphatic heterocycles. The summed E-state index contributed by atoms with van der Waals surface area (Å²) in [6, 6.07) is 19.2. The van der Waals surface area contributed by atoms with Crippen molar-refractivity contribution >= 4 is 29.6 Å². The normalized spacial score (nSPS) is 14.8. The second kappa shape index (κ2) is 12.1. The van der Waals surface area contributed by atoms with Crippen LogP contribution in [0.4, 0.5) is 10.5 Å². The molecule has 0 spiro atoms. The first-order valence-electron chi connectivity index (χ1n) is 13.2. The van der Waals surface area contributed by atoms with Crippen LogP contribution in [-0.4, -0.2) is 37.7 Å². The third-order valence-corrected chi connectivity index (χ3v) is 6.30. The number of hydrogen-bond acceptors (Lipinski definition) is 6. The average molecular weight is 543 g/mol. The number of urea groups is 1. The second-order valence-corrected chi connectivity index (χ2v) is 10.4. The lowest BCUT2D eigenvalue weighted by atomic mass is 9.87. The van der Waals surface area contributed by atoms with Crippen molar-refractivity contribution < 1.29 is 28.6 Å². The predicted octanol–water partition coefficient (Wildman–Crippen LogP) is 5.82. The highest BCUT2D eigenvalue weighted by molar-refractivity contribution is 6.39. The highest BCUT2D eigenvalue weighted by Crippen LogP contribution is 2.31. The molecule has 0 atom stereocenters. The van der Waals surface area contributed by atoms with E-state index in [4.69, 9.17) is 14.2 Å². The molecule has 0 bridgehead atoms. The topological polar surface area (TPSA) is 94.2 Å². The Kier molecular flexibility index (Phi) is 8.58. The van der Waals surface area contributed by atoms with Crippen LogP contribution >= 0.6 is 0 Å². The molecule has 1 fully saturated rings. The maximum atomic E-state index is 13.2. The van der Waals surface area contributed by atoms with E-state index >= 15 is 0 Å². The summed E-state index contributed by atoms with van der Waals surface area (Å²) in [5.74, 6) is 0.262. The lowest BCUT2D eigenvalue weighted by Crippen LogP contribution is -2.54. The first kappa shape index (κ1) is 28.4. The van der Waals surface area contributed by atoms with E-state index in [9.17, 15) is 14.4 Å². The van der Waals surface area contributed by atoms with Crippen LogP contribution in [0.25, 0.3) is 6.08 Å². The second-order valence-electron chi connectivity index (χ2n) is 10.4. The van der Waals surface area contributed by atoms with Gasteiger partial charge >= 0.3 is 6.03 Å². The van der Waals surface area contributed by atoms with E-state index in [0.717, 1.165) is 16.2 Å². The molecule has 0 unspecified atom stereocenters. The van der Waals surface area contributed by atoms with Gasteiger partial charge in [0, 0.05) is 0 Å². The van der Waals surface area contributed by atoms with Crippen LogP contribution in [0.1, 0.15) is 44.4 Å². The molecule has 0 aromatic heterocycles. The smallest absolute Gasteiger partial charge is 0.335 e. The van der Waals surface area contributed by atoms with E-state index in [-0.39, 0.29) is 17.6 Å². The minimum absolute atomic E-state index is 0.0748. The van der Waals surface area contributed by atoms with Gasteiger partial charge < -0.3 is 14.2 Å². The lowest BCUT2D eigenvalue weighted by Gasteiger charge is -2.26. The minimum atomic E-state index is -0.790. The fourth-order valence-electron chi connectivity index (χ4n) is 4.12. The number of carbonyl (C=O) groups is 3. The molecule has 4 rings (SSSR count). The number of rotatable bonds is 9. The Morgan fingerprint density at radius 2 is 1.50 bits per heavy atom. The monoisotopic (exact) mass is 542 g/mol. The number of barbiturate groups is 1. The van der Waals surface area contributed by atoms with Crippen LogP contribution in [0.15, 0.2) is 72.3 Å². The molecular formula is C32H34N2O6. The lowest BCUT2D eigenvalue weighted by molar-refractivity contribution is -0.122. The summed E-state index contributed by atoms with van der Waals surface area (Å²) in [4.78, 5) is 39.1. The molecule has 3 aromatic rings. The summed E-state index contributed by atoms with van der Waals surface area (Å²) < 4.78 is 17.5. The Hall–Kier alpha value is -4.59. The van der Waals surface area contributed by atoms with E-state index in [1.807, 2.05) is 26.0 Å². The number of hydrogen-bond donors (Lipinski definition) is 1. The van der Waals surface area contributed by atoms with E-state index in [2.05, 4.69) is 38.2 Å². The van der Waals surface area contributed by atoms with Crippen LogP contribution in [0, 0.1) is 6.92 Å². The van der Waals surface area contributed by atoms with Crippen molar-refractivity contribution in [3.63, 3.8) is 0 Å². The fourth-order valence-corrected chi connectivity index (χ4v) is 4.12. The van der Waals surface area contributed by atoms with E-state index in [1.165, 1.54) is 11.6 Å². The zero-order valence-corrected chi connectivity index (χ0v) is 23.4. The third kappa shape index (κ3) is 6.69. The molecule has 40 heavy (non-hydrogen) atoms. The Morgan fingerprint density at radius 3 is 2.15 bits per heavy atom. The summed E-state index contributed by atoms with van der Waals surface area (Å²) in [5.41, 5.74) is 3.04. The molecule has 8 heteroatoms. The number of amides is 4. The molecular weight excluding hydrogens is 508 g/mol. The molecule has 0 aliphatic carbocycles. The average Bonchev–Trinajstić information content (AvgIpc) is 2.91. The van der Waals surface area contributed by atoms with Gasteiger partial charge in [-0.15, -0.1) is 0 Å². The highest BCUT2D eigenvalue weighted by Gasteiger charge is 2.36.